The van der Waals surface area contributed by atoms with Crippen LogP contribution in [0.2, 0.25) is 0 Å². The van der Waals surface area contributed by atoms with Crippen molar-refractivity contribution in [2.75, 3.05) is 20.1 Å². The second-order valence-electron chi connectivity index (χ2n) is 3.60. The van der Waals surface area contributed by atoms with Crippen LogP contribution in [-0.2, 0) is 0 Å². The highest BCUT2D eigenvalue weighted by Gasteiger charge is 2.45. The lowest BCUT2D eigenvalue weighted by molar-refractivity contribution is -0.233. The average Bonchev–Trinajstić information content (AvgIpc) is 1.83. The minimum atomic E-state index is -2.50. The molecule has 3 N–H and O–H groups in total. The molecule has 0 bridgehead atoms. The van der Waals surface area contributed by atoms with Crippen molar-refractivity contribution in [3.8, 4) is 0 Å². The molecule has 1 saturated heterocycles. The van der Waals surface area contributed by atoms with E-state index in [1.54, 1.807) is 7.05 Å². The largest absolute Gasteiger partial charge is 0.384 e. The molecule has 0 saturated carbocycles. The molecule has 0 aromatic heterocycles. The van der Waals surface area contributed by atoms with Crippen LogP contribution < -0.4 is 0 Å². The molecule has 0 amide bonds. The normalized spacial score (nSPS) is 33.7. The Bertz CT molecular complexity index is 171. The minimum absolute atomic E-state index is 0.191. The van der Waals surface area contributed by atoms with Crippen LogP contribution in [0.4, 0.5) is 0 Å². The molecule has 0 aromatic rings. The van der Waals surface area contributed by atoms with Gasteiger partial charge in [-0.1, -0.05) is 0 Å². The quantitative estimate of drug-likeness (QED) is 0.323. The summed E-state index contributed by atoms with van der Waals surface area (Å²) >= 11 is 0. The van der Waals surface area contributed by atoms with Crippen LogP contribution >= 0.6 is 0 Å². The lowest BCUT2D eigenvalue weighted by Crippen LogP contribution is -2.62. The predicted octanol–water partition coefficient (Wildman–Crippen LogP) is -1.75. The van der Waals surface area contributed by atoms with Crippen molar-refractivity contribution in [3.63, 3.8) is 0 Å². The Labute approximate surface area is 73.2 Å². The Morgan fingerprint density at radius 1 is 1.50 bits per heavy atom. The Hall–Kier alpha value is -0.0951. The molecule has 1 unspecified atom stereocenters. The summed E-state index contributed by atoms with van der Waals surface area (Å²) in [6.45, 7) is 1.04. The van der Waals surface area contributed by atoms with Crippen molar-refractivity contribution < 1.29 is 15.3 Å². The molecule has 1 rings (SSSR count). The molecule has 4 nitrogen and oxygen atoms in total. The van der Waals surface area contributed by atoms with E-state index in [0.29, 0.717) is 12.8 Å². The van der Waals surface area contributed by atoms with Crippen molar-refractivity contribution in [2.45, 2.75) is 24.1 Å². The SMILES string of the molecule is [B]C(O)(O)C1(O)CCCN(C)C1. The predicted molar refractivity (Wildman–Crippen MR) is 44.6 cm³/mol. The fourth-order valence-electron chi connectivity index (χ4n) is 1.55. The molecule has 1 aliphatic heterocycles. The zero-order valence-electron chi connectivity index (χ0n) is 7.19. The maximum absolute atomic E-state index is 9.71. The topological polar surface area (TPSA) is 63.9 Å². The number of piperidine rings is 1. The molecule has 1 heterocycles. The van der Waals surface area contributed by atoms with Crippen molar-refractivity contribution in [1.82, 2.24) is 4.90 Å². The second-order valence-corrected chi connectivity index (χ2v) is 3.60. The molecule has 0 aliphatic carbocycles. The Morgan fingerprint density at radius 3 is 2.42 bits per heavy atom. The van der Waals surface area contributed by atoms with Crippen molar-refractivity contribution in [2.24, 2.45) is 0 Å². The van der Waals surface area contributed by atoms with Gasteiger partial charge in [0.2, 0.25) is 0 Å². The molecule has 0 spiro atoms. The van der Waals surface area contributed by atoms with E-state index in [0.717, 1.165) is 6.54 Å². The van der Waals surface area contributed by atoms with Gasteiger partial charge in [0.25, 0.3) is 0 Å². The van der Waals surface area contributed by atoms with Crippen molar-refractivity contribution in [1.29, 1.82) is 0 Å². The van der Waals surface area contributed by atoms with Crippen molar-refractivity contribution in [3.05, 3.63) is 0 Å². The van der Waals surface area contributed by atoms with E-state index in [9.17, 15) is 5.11 Å². The summed E-state index contributed by atoms with van der Waals surface area (Å²) in [6.07, 6.45) is 1.04. The molecule has 1 fully saturated rings. The number of β-amino-alcohol motifs (C(OH)–C–C–N with tert-alkyl or cyclic N) is 1. The van der Waals surface area contributed by atoms with E-state index in [4.69, 9.17) is 18.1 Å². The van der Waals surface area contributed by atoms with Gasteiger partial charge in [-0.2, -0.15) is 0 Å². The first-order chi connectivity index (χ1) is 5.35. The van der Waals surface area contributed by atoms with Crippen LogP contribution in [0.15, 0.2) is 0 Å². The van der Waals surface area contributed by atoms with Gasteiger partial charge in [0, 0.05) is 6.54 Å². The van der Waals surface area contributed by atoms with Gasteiger partial charge in [-0.3, -0.25) is 0 Å². The van der Waals surface area contributed by atoms with Gasteiger partial charge in [-0.05, 0) is 26.4 Å². The number of likely N-dealkylation sites (N-methyl/N-ethyl adjacent to an activating group) is 1. The lowest BCUT2D eigenvalue weighted by Gasteiger charge is -2.44. The van der Waals surface area contributed by atoms with Gasteiger partial charge in [-0.25, -0.2) is 0 Å². The summed E-state index contributed by atoms with van der Waals surface area (Å²) < 4.78 is 0. The van der Waals surface area contributed by atoms with E-state index in [-0.39, 0.29) is 6.54 Å². The Balaban J connectivity index is 2.70. The molecule has 2 radical (unpaired) electrons. The highest BCUT2D eigenvalue weighted by atomic mass is 16.5. The number of aliphatic hydroxyl groups is 3. The maximum atomic E-state index is 9.71. The molecule has 12 heavy (non-hydrogen) atoms. The van der Waals surface area contributed by atoms with Crippen LogP contribution in [0, 0.1) is 0 Å². The number of hydrogen-bond acceptors (Lipinski definition) is 4. The number of likely N-dealkylation sites (tertiary alicyclic amines) is 1. The third-order valence-corrected chi connectivity index (χ3v) is 2.35. The molecule has 0 aromatic carbocycles. The number of rotatable bonds is 1. The van der Waals surface area contributed by atoms with Gasteiger partial charge < -0.3 is 20.2 Å². The Kier molecular flexibility index (Phi) is 2.49. The number of hydrogen-bond donors (Lipinski definition) is 3. The van der Waals surface area contributed by atoms with Crippen LogP contribution in [0.5, 0.6) is 0 Å². The van der Waals surface area contributed by atoms with Crippen molar-refractivity contribution >= 4 is 7.85 Å². The van der Waals surface area contributed by atoms with E-state index >= 15 is 0 Å². The highest BCUT2D eigenvalue weighted by Crippen LogP contribution is 2.27. The van der Waals surface area contributed by atoms with Crippen LogP contribution in [0.3, 0.4) is 0 Å². The molecule has 5 heteroatoms. The van der Waals surface area contributed by atoms with E-state index in [1.165, 1.54) is 0 Å². The summed E-state index contributed by atoms with van der Waals surface area (Å²) in [5.41, 5.74) is -4.10. The van der Waals surface area contributed by atoms with Crippen LogP contribution in [0.25, 0.3) is 0 Å². The highest BCUT2D eigenvalue weighted by molar-refractivity contribution is 6.13. The standard InChI is InChI=1S/C7H14BNO3/c1-9-4-2-3-6(10,5-9)7(8,11)12/h10-12H,2-5H2,1H3. The van der Waals surface area contributed by atoms with Gasteiger partial charge >= 0.3 is 0 Å². The monoisotopic (exact) mass is 171 g/mol. The third-order valence-electron chi connectivity index (χ3n) is 2.35. The second kappa shape index (κ2) is 2.99. The zero-order valence-corrected chi connectivity index (χ0v) is 7.19. The van der Waals surface area contributed by atoms with Gasteiger partial charge in [0.15, 0.2) is 7.85 Å². The molecular formula is C7H14BNO3. The fraction of sp³-hybridized carbons (Fsp3) is 1.00. The number of nitrogens with zero attached hydrogens (tertiary/aromatic N) is 1. The summed E-state index contributed by atoms with van der Waals surface area (Å²) in [5, 5.41) is 27.9. The van der Waals surface area contributed by atoms with E-state index in [2.05, 4.69) is 0 Å². The first kappa shape index (κ1) is 9.99. The molecular weight excluding hydrogens is 157 g/mol. The Morgan fingerprint density at radius 2 is 2.08 bits per heavy atom. The van der Waals surface area contributed by atoms with Gasteiger partial charge in [-0.15, -0.1) is 0 Å². The molecule has 1 atom stereocenters. The smallest absolute Gasteiger partial charge is 0.157 e. The van der Waals surface area contributed by atoms with Crippen LogP contribution in [0.1, 0.15) is 12.8 Å². The van der Waals surface area contributed by atoms with Gasteiger partial charge in [0.1, 0.15) is 11.3 Å². The van der Waals surface area contributed by atoms with Gasteiger partial charge in [0.05, 0.1) is 0 Å². The third kappa shape index (κ3) is 1.80. The first-order valence-electron chi connectivity index (χ1n) is 4.00. The molecule has 1 aliphatic rings. The minimum Gasteiger partial charge on any atom is -0.384 e. The summed E-state index contributed by atoms with van der Waals surface area (Å²) in [4.78, 5) is 1.82. The van der Waals surface area contributed by atoms with E-state index < -0.39 is 11.3 Å². The summed E-state index contributed by atoms with van der Waals surface area (Å²) in [5.74, 6) is 0. The lowest BCUT2D eigenvalue weighted by atomic mass is 9.74. The van der Waals surface area contributed by atoms with Crippen LogP contribution in [-0.4, -0.2) is 59.5 Å². The summed E-state index contributed by atoms with van der Waals surface area (Å²) in [7, 11) is 6.84. The molecule has 68 valence electrons. The fourth-order valence-corrected chi connectivity index (χ4v) is 1.55. The van der Waals surface area contributed by atoms with E-state index in [1.807, 2.05) is 4.90 Å². The summed E-state index contributed by atoms with van der Waals surface area (Å²) in [6, 6.07) is 0. The zero-order chi connectivity index (χ0) is 9.41. The maximum Gasteiger partial charge on any atom is 0.157 e. The average molecular weight is 171 g/mol. The first-order valence-corrected chi connectivity index (χ1v) is 4.00.